The van der Waals surface area contributed by atoms with Gasteiger partial charge in [0.1, 0.15) is 0 Å². The van der Waals surface area contributed by atoms with E-state index in [1.807, 2.05) is 12.5 Å². The van der Waals surface area contributed by atoms with Gasteiger partial charge in [-0.25, -0.2) is 4.98 Å². The number of benzene rings is 1. The Morgan fingerprint density at radius 1 is 1.35 bits per heavy atom. The van der Waals surface area contributed by atoms with E-state index in [-0.39, 0.29) is 6.04 Å². The van der Waals surface area contributed by atoms with Gasteiger partial charge < -0.3 is 10.3 Å². The highest BCUT2D eigenvalue weighted by atomic mass is 79.9. The smallest absolute Gasteiger partial charge is 0.0953 e. The highest BCUT2D eigenvalue weighted by Crippen LogP contribution is 2.21. The predicted molar refractivity (Wildman–Crippen MR) is 72.9 cm³/mol. The van der Waals surface area contributed by atoms with Crippen molar-refractivity contribution in [3.05, 3.63) is 52.5 Å². The SMILES string of the molecule is CC(c1ccc(Br)cc1)n1cncc1CCN. The Labute approximate surface area is 110 Å². The fourth-order valence-electron chi connectivity index (χ4n) is 1.92. The maximum atomic E-state index is 5.60. The molecule has 0 radical (unpaired) electrons. The molecule has 0 fully saturated rings. The van der Waals surface area contributed by atoms with Crippen LogP contribution in [0.4, 0.5) is 0 Å². The summed E-state index contributed by atoms with van der Waals surface area (Å²) in [6.07, 6.45) is 4.63. The second-order valence-electron chi connectivity index (χ2n) is 4.06. The molecule has 0 amide bonds. The maximum Gasteiger partial charge on any atom is 0.0953 e. The molecule has 2 N–H and O–H groups in total. The van der Waals surface area contributed by atoms with E-state index in [1.54, 1.807) is 0 Å². The standard InChI is InChI=1S/C13H16BrN3/c1-10(11-2-4-12(14)5-3-11)17-9-16-8-13(17)6-7-15/h2-5,8-10H,6-7,15H2,1H3. The van der Waals surface area contributed by atoms with Crippen LogP contribution in [0, 0.1) is 0 Å². The number of rotatable bonds is 4. The van der Waals surface area contributed by atoms with E-state index in [0.717, 1.165) is 10.9 Å². The molecule has 4 heteroatoms. The molecule has 3 nitrogen and oxygen atoms in total. The van der Waals surface area contributed by atoms with Crippen LogP contribution in [0.25, 0.3) is 0 Å². The first-order valence-electron chi connectivity index (χ1n) is 5.68. The maximum absolute atomic E-state index is 5.60. The Hall–Kier alpha value is -1.13. The van der Waals surface area contributed by atoms with E-state index in [2.05, 4.69) is 56.7 Å². The van der Waals surface area contributed by atoms with Crippen LogP contribution in [0.2, 0.25) is 0 Å². The van der Waals surface area contributed by atoms with Gasteiger partial charge in [0.25, 0.3) is 0 Å². The summed E-state index contributed by atoms with van der Waals surface area (Å²) in [6.45, 7) is 2.82. The van der Waals surface area contributed by atoms with Crippen LogP contribution in [-0.2, 0) is 6.42 Å². The van der Waals surface area contributed by atoms with Crippen LogP contribution in [0.3, 0.4) is 0 Å². The van der Waals surface area contributed by atoms with E-state index >= 15 is 0 Å². The molecule has 0 saturated heterocycles. The van der Waals surface area contributed by atoms with E-state index < -0.39 is 0 Å². The van der Waals surface area contributed by atoms with Gasteiger partial charge in [0.05, 0.1) is 12.4 Å². The molecule has 0 aliphatic carbocycles. The van der Waals surface area contributed by atoms with Gasteiger partial charge in [-0.2, -0.15) is 0 Å². The topological polar surface area (TPSA) is 43.8 Å². The summed E-state index contributed by atoms with van der Waals surface area (Å²) in [5, 5.41) is 0. The summed E-state index contributed by atoms with van der Waals surface area (Å²) < 4.78 is 3.28. The normalized spacial score (nSPS) is 12.6. The zero-order valence-electron chi connectivity index (χ0n) is 9.81. The van der Waals surface area contributed by atoms with Crippen molar-refractivity contribution in [1.29, 1.82) is 0 Å². The zero-order chi connectivity index (χ0) is 12.3. The molecule has 1 aromatic heterocycles. The van der Waals surface area contributed by atoms with Gasteiger partial charge >= 0.3 is 0 Å². The molecule has 2 aromatic rings. The molecule has 0 saturated carbocycles. The monoisotopic (exact) mass is 293 g/mol. The quantitative estimate of drug-likeness (QED) is 0.942. The van der Waals surface area contributed by atoms with Crippen molar-refractivity contribution in [1.82, 2.24) is 9.55 Å². The van der Waals surface area contributed by atoms with Crippen molar-refractivity contribution in [2.75, 3.05) is 6.54 Å². The van der Waals surface area contributed by atoms with Gasteiger partial charge in [-0.15, -0.1) is 0 Å². The predicted octanol–water partition coefficient (Wildman–Crippen LogP) is 2.76. The Morgan fingerprint density at radius 2 is 2.06 bits per heavy atom. The van der Waals surface area contributed by atoms with Crippen molar-refractivity contribution in [2.24, 2.45) is 5.73 Å². The molecule has 0 aliphatic rings. The van der Waals surface area contributed by atoms with Crippen LogP contribution >= 0.6 is 15.9 Å². The molecular formula is C13H16BrN3. The Kier molecular flexibility index (Phi) is 3.97. The zero-order valence-corrected chi connectivity index (χ0v) is 11.4. The molecule has 90 valence electrons. The third-order valence-corrected chi connectivity index (χ3v) is 3.45. The first-order chi connectivity index (χ1) is 8.22. The number of imidazole rings is 1. The number of hydrogen-bond acceptors (Lipinski definition) is 2. The summed E-state index contributed by atoms with van der Waals surface area (Å²) in [5.74, 6) is 0. The van der Waals surface area contributed by atoms with Gasteiger partial charge in [-0.1, -0.05) is 28.1 Å². The van der Waals surface area contributed by atoms with E-state index in [9.17, 15) is 0 Å². The molecule has 1 atom stereocenters. The number of aromatic nitrogens is 2. The van der Waals surface area contributed by atoms with Crippen LogP contribution in [-0.4, -0.2) is 16.1 Å². The first kappa shape index (κ1) is 12.3. The van der Waals surface area contributed by atoms with Gasteiger partial charge in [-0.05, 0) is 31.2 Å². The first-order valence-corrected chi connectivity index (χ1v) is 6.48. The van der Waals surface area contributed by atoms with Crippen molar-refractivity contribution in [3.63, 3.8) is 0 Å². The number of halogens is 1. The highest BCUT2D eigenvalue weighted by molar-refractivity contribution is 9.10. The van der Waals surface area contributed by atoms with Crippen LogP contribution in [0.1, 0.15) is 24.2 Å². The van der Waals surface area contributed by atoms with Gasteiger partial charge in [0, 0.05) is 22.8 Å². The van der Waals surface area contributed by atoms with E-state index in [0.29, 0.717) is 6.54 Å². The lowest BCUT2D eigenvalue weighted by Gasteiger charge is -2.17. The van der Waals surface area contributed by atoms with Gasteiger partial charge in [-0.3, -0.25) is 0 Å². The molecule has 0 bridgehead atoms. The summed E-state index contributed by atoms with van der Waals surface area (Å²) in [6, 6.07) is 8.66. The second kappa shape index (κ2) is 5.47. The van der Waals surface area contributed by atoms with Crippen molar-refractivity contribution < 1.29 is 0 Å². The molecule has 1 heterocycles. The second-order valence-corrected chi connectivity index (χ2v) is 4.97. The highest BCUT2D eigenvalue weighted by Gasteiger charge is 2.10. The summed E-state index contributed by atoms with van der Waals surface area (Å²) >= 11 is 3.45. The lowest BCUT2D eigenvalue weighted by atomic mass is 10.1. The third-order valence-electron chi connectivity index (χ3n) is 2.92. The molecular weight excluding hydrogens is 278 g/mol. The summed E-state index contributed by atoms with van der Waals surface area (Å²) in [5.41, 5.74) is 8.05. The lowest BCUT2D eigenvalue weighted by molar-refractivity contribution is 0.607. The van der Waals surface area contributed by atoms with Crippen molar-refractivity contribution in [3.8, 4) is 0 Å². The molecule has 2 rings (SSSR count). The van der Waals surface area contributed by atoms with Crippen LogP contribution in [0.5, 0.6) is 0 Å². The Morgan fingerprint density at radius 3 is 2.71 bits per heavy atom. The van der Waals surface area contributed by atoms with Crippen LogP contribution < -0.4 is 5.73 Å². The minimum Gasteiger partial charge on any atom is -0.330 e. The van der Waals surface area contributed by atoms with Gasteiger partial charge in [0.15, 0.2) is 0 Å². The van der Waals surface area contributed by atoms with E-state index in [1.165, 1.54) is 11.3 Å². The fourth-order valence-corrected chi connectivity index (χ4v) is 2.19. The Balaban J connectivity index is 2.26. The molecule has 0 aliphatic heterocycles. The molecule has 1 unspecified atom stereocenters. The lowest BCUT2D eigenvalue weighted by Crippen LogP contribution is -2.12. The Bertz CT molecular complexity index is 476. The number of nitrogens with two attached hydrogens (primary N) is 1. The minimum absolute atomic E-state index is 0.284. The average molecular weight is 294 g/mol. The largest absolute Gasteiger partial charge is 0.330 e. The molecule has 1 aromatic carbocycles. The summed E-state index contributed by atoms with van der Waals surface area (Å²) in [7, 11) is 0. The van der Waals surface area contributed by atoms with Crippen molar-refractivity contribution >= 4 is 15.9 Å². The van der Waals surface area contributed by atoms with Crippen molar-refractivity contribution in [2.45, 2.75) is 19.4 Å². The molecule has 0 spiro atoms. The van der Waals surface area contributed by atoms with Crippen LogP contribution in [0.15, 0.2) is 41.3 Å². The summed E-state index contributed by atoms with van der Waals surface area (Å²) in [4.78, 5) is 4.20. The number of hydrogen-bond donors (Lipinski definition) is 1. The van der Waals surface area contributed by atoms with E-state index in [4.69, 9.17) is 5.73 Å². The number of nitrogens with zero attached hydrogens (tertiary/aromatic N) is 2. The average Bonchev–Trinajstić information content (AvgIpc) is 2.78. The minimum atomic E-state index is 0.284. The fraction of sp³-hybridized carbons (Fsp3) is 0.308. The molecule has 17 heavy (non-hydrogen) atoms. The van der Waals surface area contributed by atoms with Gasteiger partial charge in [0.2, 0.25) is 0 Å². The third kappa shape index (κ3) is 2.76.